The van der Waals surface area contributed by atoms with Gasteiger partial charge in [-0.3, -0.25) is 0 Å². The van der Waals surface area contributed by atoms with E-state index in [0.29, 0.717) is 0 Å². The number of rotatable bonds is 0. The fraction of sp³-hybridized carbons (Fsp3) is 1.00. The summed E-state index contributed by atoms with van der Waals surface area (Å²) < 4.78 is 0. The van der Waals surface area contributed by atoms with Crippen LogP contribution in [0.5, 0.6) is 0 Å². The average Bonchev–Trinajstić information content (AvgIpc) is 1.80. The summed E-state index contributed by atoms with van der Waals surface area (Å²) in [5.41, 5.74) is 0.928. The summed E-state index contributed by atoms with van der Waals surface area (Å²) in [6, 6.07) is 0. The summed E-state index contributed by atoms with van der Waals surface area (Å²) in [6.45, 7) is 2.49. The highest BCUT2D eigenvalue weighted by Crippen LogP contribution is 2.69. The minimum Gasteiger partial charge on any atom is -0.0622 e. The van der Waals surface area contributed by atoms with Gasteiger partial charge in [0.1, 0.15) is 0 Å². The maximum Gasteiger partial charge on any atom is -0.0238 e. The molecule has 0 heterocycles. The zero-order chi connectivity index (χ0) is 7.47. The fourth-order valence-corrected chi connectivity index (χ4v) is 4.17. The Kier molecular flexibility index (Phi) is 1.09. The van der Waals surface area contributed by atoms with E-state index >= 15 is 0 Å². The molecule has 11 heavy (non-hydrogen) atoms. The van der Waals surface area contributed by atoms with E-state index < -0.39 is 0 Å². The van der Waals surface area contributed by atoms with E-state index in [1.54, 1.807) is 32.1 Å². The molecule has 3 fully saturated rings. The first-order valence-electron chi connectivity index (χ1n) is 5.33. The van der Waals surface area contributed by atoms with E-state index in [9.17, 15) is 0 Å². The largest absolute Gasteiger partial charge is 0.0622 e. The Bertz CT molecular complexity index is 180. The Balaban J connectivity index is 1.88. The monoisotopic (exact) mass is 150 g/mol. The molecular formula is C11H18. The van der Waals surface area contributed by atoms with Gasteiger partial charge in [0.05, 0.1) is 0 Å². The molecule has 4 unspecified atom stereocenters. The lowest BCUT2D eigenvalue weighted by atomic mass is 9.39. The fourth-order valence-electron chi connectivity index (χ4n) is 4.17. The van der Waals surface area contributed by atoms with Gasteiger partial charge in [0, 0.05) is 0 Å². The van der Waals surface area contributed by atoms with Crippen LogP contribution in [0.2, 0.25) is 0 Å². The molecule has 0 nitrogen and oxygen atoms in total. The lowest BCUT2D eigenvalue weighted by Gasteiger charge is -2.66. The third-order valence-electron chi connectivity index (χ3n) is 5.09. The Hall–Kier alpha value is 0. The van der Waals surface area contributed by atoms with Crippen LogP contribution in [-0.2, 0) is 0 Å². The topological polar surface area (TPSA) is 0 Å². The second-order valence-electron chi connectivity index (χ2n) is 5.17. The smallest absolute Gasteiger partial charge is 0.0238 e. The van der Waals surface area contributed by atoms with Crippen molar-refractivity contribution in [3.63, 3.8) is 0 Å². The summed E-state index contributed by atoms with van der Waals surface area (Å²) in [5, 5.41) is 0. The third kappa shape index (κ3) is 0.588. The van der Waals surface area contributed by atoms with Gasteiger partial charge in [-0.25, -0.2) is 0 Å². The van der Waals surface area contributed by atoms with Gasteiger partial charge in [0.2, 0.25) is 0 Å². The second kappa shape index (κ2) is 1.84. The molecule has 3 rings (SSSR count). The van der Waals surface area contributed by atoms with Gasteiger partial charge in [-0.05, 0) is 55.3 Å². The molecule has 4 atom stereocenters. The maximum absolute atomic E-state index is 2.49. The van der Waals surface area contributed by atoms with Crippen LogP contribution >= 0.6 is 0 Å². The Morgan fingerprint density at radius 1 is 1.00 bits per heavy atom. The number of hydrogen-bond donors (Lipinski definition) is 0. The van der Waals surface area contributed by atoms with Gasteiger partial charge in [0.15, 0.2) is 0 Å². The van der Waals surface area contributed by atoms with Crippen LogP contribution in [0.3, 0.4) is 0 Å². The van der Waals surface area contributed by atoms with Gasteiger partial charge in [-0.1, -0.05) is 13.3 Å². The van der Waals surface area contributed by atoms with Crippen molar-refractivity contribution in [2.45, 2.75) is 45.4 Å². The Labute approximate surface area is 69.4 Å². The highest BCUT2D eigenvalue weighted by atomic mass is 14.6. The van der Waals surface area contributed by atoms with Crippen molar-refractivity contribution < 1.29 is 0 Å². The lowest BCUT2D eigenvalue weighted by molar-refractivity contribution is -0.165. The van der Waals surface area contributed by atoms with E-state index in [0.717, 1.165) is 17.3 Å². The van der Waals surface area contributed by atoms with Crippen molar-refractivity contribution in [3.8, 4) is 0 Å². The van der Waals surface area contributed by atoms with Crippen molar-refractivity contribution >= 4 is 0 Å². The first-order chi connectivity index (χ1) is 5.33. The van der Waals surface area contributed by atoms with Gasteiger partial charge in [-0.2, -0.15) is 0 Å². The summed E-state index contributed by atoms with van der Waals surface area (Å²) in [7, 11) is 0. The zero-order valence-electron chi connectivity index (χ0n) is 7.47. The SMILES string of the molecule is CC1CCC2CCC23CCC13. The highest BCUT2D eigenvalue weighted by Gasteiger charge is 2.59. The summed E-state index contributed by atoms with van der Waals surface area (Å²) in [5.74, 6) is 3.41. The molecule has 0 aromatic carbocycles. The van der Waals surface area contributed by atoms with Gasteiger partial charge >= 0.3 is 0 Å². The summed E-state index contributed by atoms with van der Waals surface area (Å²) in [6.07, 6.45) is 9.43. The van der Waals surface area contributed by atoms with Crippen molar-refractivity contribution in [2.24, 2.45) is 23.2 Å². The molecule has 3 aliphatic rings. The molecule has 0 heteroatoms. The van der Waals surface area contributed by atoms with Crippen LogP contribution in [0.15, 0.2) is 0 Å². The Morgan fingerprint density at radius 2 is 1.82 bits per heavy atom. The first kappa shape index (κ1) is 6.51. The molecule has 0 aromatic heterocycles. The number of hydrogen-bond acceptors (Lipinski definition) is 0. The predicted octanol–water partition coefficient (Wildman–Crippen LogP) is 3.22. The molecule has 0 bridgehead atoms. The molecule has 0 aliphatic heterocycles. The molecule has 0 radical (unpaired) electrons. The summed E-state index contributed by atoms with van der Waals surface area (Å²) >= 11 is 0. The van der Waals surface area contributed by atoms with Crippen LogP contribution in [0.1, 0.15) is 45.4 Å². The summed E-state index contributed by atoms with van der Waals surface area (Å²) in [4.78, 5) is 0. The molecule has 0 amide bonds. The highest BCUT2D eigenvalue weighted by molar-refractivity contribution is 5.09. The first-order valence-corrected chi connectivity index (χ1v) is 5.33. The van der Waals surface area contributed by atoms with Crippen LogP contribution in [0.25, 0.3) is 0 Å². The van der Waals surface area contributed by atoms with Gasteiger partial charge in [0.25, 0.3) is 0 Å². The molecule has 3 saturated carbocycles. The van der Waals surface area contributed by atoms with Gasteiger partial charge in [-0.15, -0.1) is 0 Å². The molecular weight excluding hydrogens is 132 g/mol. The average molecular weight is 150 g/mol. The van der Waals surface area contributed by atoms with Crippen LogP contribution < -0.4 is 0 Å². The van der Waals surface area contributed by atoms with Crippen molar-refractivity contribution in [1.29, 1.82) is 0 Å². The Morgan fingerprint density at radius 3 is 2.27 bits per heavy atom. The zero-order valence-corrected chi connectivity index (χ0v) is 7.47. The molecule has 3 aliphatic carbocycles. The van der Waals surface area contributed by atoms with Crippen LogP contribution in [-0.4, -0.2) is 0 Å². The standard InChI is InChI=1S/C11H18/c1-8-2-3-9-4-6-11(9)7-5-10(8)11/h8-10H,2-7H2,1H3. The molecule has 0 saturated heterocycles. The van der Waals surface area contributed by atoms with Crippen molar-refractivity contribution in [3.05, 3.63) is 0 Å². The van der Waals surface area contributed by atoms with E-state index in [1.165, 1.54) is 12.3 Å². The van der Waals surface area contributed by atoms with E-state index in [4.69, 9.17) is 0 Å². The normalized spacial score (nSPS) is 60.3. The third-order valence-corrected chi connectivity index (χ3v) is 5.09. The lowest BCUT2D eigenvalue weighted by Crippen LogP contribution is -2.57. The van der Waals surface area contributed by atoms with Gasteiger partial charge < -0.3 is 0 Å². The quantitative estimate of drug-likeness (QED) is 0.497. The van der Waals surface area contributed by atoms with E-state index in [-0.39, 0.29) is 0 Å². The second-order valence-corrected chi connectivity index (χ2v) is 5.17. The maximum atomic E-state index is 2.49. The van der Waals surface area contributed by atoms with E-state index in [2.05, 4.69) is 6.92 Å². The molecule has 1 spiro atoms. The van der Waals surface area contributed by atoms with Crippen molar-refractivity contribution in [1.82, 2.24) is 0 Å². The molecule has 0 N–H and O–H groups in total. The van der Waals surface area contributed by atoms with Crippen LogP contribution in [0, 0.1) is 23.2 Å². The predicted molar refractivity (Wildman–Crippen MR) is 46.3 cm³/mol. The minimum atomic E-state index is 0.928. The minimum absolute atomic E-state index is 0.928. The van der Waals surface area contributed by atoms with Crippen LogP contribution in [0.4, 0.5) is 0 Å². The van der Waals surface area contributed by atoms with Crippen molar-refractivity contribution in [2.75, 3.05) is 0 Å². The molecule has 0 aromatic rings. The molecule has 62 valence electrons. The van der Waals surface area contributed by atoms with E-state index in [1.807, 2.05) is 0 Å².